The quantitative estimate of drug-likeness (QED) is 0.554. The number of aromatic hydroxyl groups is 1. The number of benzene rings is 2. The van der Waals surface area contributed by atoms with Crippen molar-refractivity contribution < 1.29 is 5.11 Å². The van der Waals surface area contributed by atoms with E-state index in [4.69, 9.17) is 0 Å². The van der Waals surface area contributed by atoms with Crippen molar-refractivity contribution >= 4 is 27.6 Å². The molecule has 3 aromatic rings. The maximum atomic E-state index is 10.4. The first-order valence-corrected chi connectivity index (χ1v) is 9.91. The average molecular weight is 429 g/mol. The number of aromatic nitrogens is 2. The van der Waals surface area contributed by atoms with Crippen molar-refractivity contribution in [1.29, 1.82) is 0 Å². The van der Waals surface area contributed by atoms with Crippen LogP contribution in [0.2, 0.25) is 0 Å². The highest BCUT2D eigenvalue weighted by molar-refractivity contribution is 9.10. The number of phenols is 1. The molecule has 6 heteroatoms. The lowest BCUT2D eigenvalue weighted by Gasteiger charge is -2.21. The minimum atomic E-state index is 0.300. The Bertz CT molecular complexity index is 901. The molecule has 0 bridgehead atoms. The Labute approximate surface area is 168 Å². The fourth-order valence-corrected chi connectivity index (χ4v) is 3.39. The summed E-state index contributed by atoms with van der Waals surface area (Å²) in [6, 6.07) is 14.0. The maximum Gasteiger partial charge on any atom is 0.203 e. The minimum Gasteiger partial charge on any atom is -0.508 e. The van der Waals surface area contributed by atoms with Crippen molar-refractivity contribution in [3.05, 3.63) is 58.7 Å². The number of anilines is 2. The molecule has 0 unspecified atom stereocenters. The molecule has 0 aliphatic rings. The van der Waals surface area contributed by atoms with Crippen LogP contribution in [0.25, 0.3) is 11.3 Å². The first-order valence-electron chi connectivity index (χ1n) is 9.11. The molecule has 3 rings (SSSR count). The van der Waals surface area contributed by atoms with Gasteiger partial charge in [-0.2, -0.15) is 0 Å². The number of halogens is 1. The lowest BCUT2D eigenvalue weighted by atomic mass is 10.1. The van der Waals surface area contributed by atoms with Crippen molar-refractivity contribution in [2.24, 2.45) is 7.05 Å². The molecule has 0 amide bonds. The summed E-state index contributed by atoms with van der Waals surface area (Å²) in [4.78, 5) is 6.69. The van der Waals surface area contributed by atoms with Crippen LogP contribution in [-0.4, -0.2) is 27.7 Å². The maximum absolute atomic E-state index is 10.4. The van der Waals surface area contributed by atoms with Gasteiger partial charge in [-0.25, -0.2) is 4.98 Å². The molecule has 0 saturated carbocycles. The number of imidazole rings is 1. The molecule has 0 spiro atoms. The molecule has 0 saturated heterocycles. The third-order valence-electron chi connectivity index (χ3n) is 4.76. The van der Waals surface area contributed by atoms with E-state index in [1.165, 1.54) is 0 Å². The van der Waals surface area contributed by atoms with Gasteiger partial charge in [-0.15, -0.1) is 0 Å². The van der Waals surface area contributed by atoms with Crippen LogP contribution in [0.3, 0.4) is 0 Å². The zero-order chi connectivity index (χ0) is 19.4. The number of nitrogens with one attached hydrogen (secondary N) is 1. The molecule has 0 atom stereocenters. The van der Waals surface area contributed by atoms with Gasteiger partial charge in [-0.1, -0.05) is 34.1 Å². The Morgan fingerprint density at radius 1 is 1.11 bits per heavy atom. The molecule has 0 radical (unpaired) electrons. The van der Waals surface area contributed by atoms with Crippen LogP contribution < -0.4 is 10.2 Å². The van der Waals surface area contributed by atoms with Crippen molar-refractivity contribution in [2.75, 3.05) is 23.3 Å². The van der Waals surface area contributed by atoms with Crippen molar-refractivity contribution in [2.45, 2.75) is 20.4 Å². The van der Waals surface area contributed by atoms with Gasteiger partial charge in [0.2, 0.25) is 5.95 Å². The summed E-state index contributed by atoms with van der Waals surface area (Å²) in [6.45, 7) is 6.56. The highest BCUT2D eigenvalue weighted by atomic mass is 79.9. The standard InChI is InChI=1S/C21H25BrN4O/c1-4-26(5-2)18-11-8-16(20(27)12-18)13-23-21-24-14-19(25(21)3)15-6-9-17(22)10-7-15/h6-12,14,27H,4-5,13H2,1-3H3,(H,23,24). The van der Waals surface area contributed by atoms with E-state index < -0.39 is 0 Å². The van der Waals surface area contributed by atoms with Crippen LogP contribution in [0, 0.1) is 0 Å². The summed E-state index contributed by atoms with van der Waals surface area (Å²) in [5.74, 6) is 1.06. The normalized spacial score (nSPS) is 10.8. The molecular weight excluding hydrogens is 404 g/mol. The van der Waals surface area contributed by atoms with Crippen molar-refractivity contribution in [1.82, 2.24) is 9.55 Å². The fourth-order valence-electron chi connectivity index (χ4n) is 3.12. The molecule has 0 aliphatic heterocycles. The van der Waals surface area contributed by atoms with E-state index in [1.54, 1.807) is 0 Å². The van der Waals surface area contributed by atoms with E-state index in [-0.39, 0.29) is 0 Å². The Balaban J connectivity index is 1.73. The summed E-state index contributed by atoms with van der Waals surface area (Å²) < 4.78 is 3.07. The summed E-state index contributed by atoms with van der Waals surface area (Å²) in [5.41, 5.74) is 4.02. The molecule has 2 N–H and O–H groups in total. The Kier molecular flexibility index (Phi) is 6.06. The summed E-state index contributed by atoms with van der Waals surface area (Å²) in [5, 5.41) is 13.7. The summed E-state index contributed by atoms with van der Waals surface area (Å²) in [6.07, 6.45) is 1.86. The molecule has 0 fully saturated rings. The van der Waals surface area contributed by atoms with E-state index >= 15 is 0 Å². The predicted molar refractivity (Wildman–Crippen MR) is 115 cm³/mol. The lowest BCUT2D eigenvalue weighted by molar-refractivity contribution is 0.469. The summed E-state index contributed by atoms with van der Waals surface area (Å²) >= 11 is 3.46. The predicted octanol–water partition coefficient (Wildman–Crippen LogP) is 5.01. The highest BCUT2D eigenvalue weighted by Crippen LogP contribution is 2.27. The first kappa shape index (κ1) is 19.3. The van der Waals surface area contributed by atoms with E-state index in [2.05, 4.69) is 63.2 Å². The largest absolute Gasteiger partial charge is 0.508 e. The molecule has 2 aromatic carbocycles. The van der Waals surface area contributed by atoms with Crippen LogP contribution in [-0.2, 0) is 13.6 Å². The van der Waals surface area contributed by atoms with Gasteiger partial charge in [0.1, 0.15) is 5.75 Å². The van der Waals surface area contributed by atoms with E-state index in [0.717, 1.165) is 46.0 Å². The van der Waals surface area contributed by atoms with Gasteiger partial charge in [0, 0.05) is 48.5 Å². The molecule has 27 heavy (non-hydrogen) atoms. The van der Waals surface area contributed by atoms with Crippen LogP contribution in [0.15, 0.2) is 53.1 Å². The van der Waals surface area contributed by atoms with Crippen LogP contribution in [0.1, 0.15) is 19.4 Å². The second kappa shape index (κ2) is 8.48. The Morgan fingerprint density at radius 2 is 1.81 bits per heavy atom. The Hall–Kier alpha value is -2.47. The average Bonchev–Trinajstić information content (AvgIpc) is 3.03. The van der Waals surface area contributed by atoms with Crippen LogP contribution in [0.5, 0.6) is 5.75 Å². The zero-order valence-corrected chi connectivity index (χ0v) is 17.5. The van der Waals surface area contributed by atoms with Gasteiger partial charge in [-0.3, -0.25) is 0 Å². The van der Waals surface area contributed by atoms with Gasteiger partial charge >= 0.3 is 0 Å². The number of phenolic OH excluding ortho intramolecular Hbond substituents is 1. The SMILES string of the molecule is CCN(CC)c1ccc(CNc2ncc(-c3ccc(Br)cc3)n2C)c(O)c1. The second-order valence-corrected chi connectivity index (χ2v) is 7.29. The molecule has 142 valence electrons. The van der Waals surface area contributed by atoms with Gasteiger partial charge in [0.15, 0.2) is 0 Å². The highest BCUT2D eigenvalue weighted by Gasteiger charge is 2.10. The van der Waals surface area contributed by atoms with Crippen LogP contribution >= 0.6 is 15.9 Å². The van der Waals surface area contributed by atoms with Gasteiger partial charge < -0.3 is 19.9 Å². The summed E-state index contributed by atoms with van der Waals surface area (Å²) in [7, 11) is 1.98. The number of rotatable bonds is 7. The first-order chi connectivity index (χ1) is 13.0. The van der Waals surface area contributed by atoms with E-state index in [9.17, 15) is 5.11 Å². The smallest absolute Gasteiger partial charge is 0.203 e. The van der Waals surface area contributed by atoms with E-state index in [0.29, 0.717) is 12.3 Å². The molecule has 5 nitrogen and oxygen atoms in total. The van der Waals surface area contributed by atoms with E-state index in [1.807, 2.05) is 42.1 Å². The monoisotopic (exact) mass is 428 g/mol. The Morgan fingerprint density at radius 3 is 2.44 bits per heavy atom. The topological polar surface area (TPSA) is 53.3 Å². The third-order valence-corrected chi connectivity index (χ3v) is 5.29. The zero-order valence-electron chi connectivity index (χ0n) is 15.9. The number of hydrogen-bond donors (Lipinski definition) is 2. The lowest BCUT2D eigenvalue weighted by Crippen LogP contribution is -2.21. The number of nitrogens with zero attached hydrogens (tertiary/aromatic N) is 3. The minimum absolute atomic E-state index is 0.300. The van der Waals surface area contributed by atoms with Gasteiger partial charge in [0.25, 0.3) is 0 Å². The van der Waals surface area contributed by atoms with Gasteiger partial charge in [0.05, 0.1) is 11.9 Å². The van der Waals surface area contributed by atoms with Crippen molar-refractivity contribution in [3.63, 3.8) is 0 Å². The third kappa shape index (κ3) is 4.27. The molecular formula is C21H25BrN4O. The number of hydrogen-bond acceptors (Lipinski definition) is 4. The molecule has 1 aromatic heterocycles. The fraction of sp³-hybridized carbons (Fsp3) is 0.286. The van der Waals surface area contributed by atoms with Crippen LogP contribution in [0.4, 0.5) is 11.6 Å². The second-order valence-electron chi connectivity index (χ2n) is 6.37. The molecule has 1 heterocycles. The van der Waals surface area contributed by atoms with Gasteiger partial charge in [-0.05, 0) is 37.6 Å². The van der Waals surface area contributed by atoms with Crippen molar-refractivity contribution in [3.8, 4) is 17.0 Å². The molecule has 0 aliphatic carbocycles.